The van der Waals surface area contributed by atoms with Crippen molar-refractivity contribution in [2.45, 2.75) is 63.2 Å². The van der Waals surface area contributed by atoms with Crippen molar-refractivity contribution in [3.05, 3.63) is 20.8 Å². The molecule has 1 N–H and O–H groups in total. The van der Waals surface area contributed by atoms with E-state index in [0.29, 0.717) is 6.04 Å². The van der Waals surface area contributed by atoms with Crippen LogP contribution in [0.5, 0.6) is 0 Å². The summed E-state index contributed by atoms with van der Waals surface area (Å²) in [7, 11) is 0. The van der Waals surface area contributed by atoms with Gasteiger partial charge in [-0.25, -0.2) is 0 Å². The molecule has 0 radical (unpaired) electrons. The lowest BCUT2D eigenvalue weighted by Gasteiger charge is -2.24. The maximum Gasteiger partial charge on any atom is 0.0285 e. The first kappa shape index (κ1) is 16.9. The van der Waals surface area contributed by atoms with Gasteiger partial charge in [-0.05, 0) is 54.2 Å². The molecule has 1 unspecified atom stereocenters. The summed E-state index contributed by atoms with van der Waals surface area (Å²) in [5.41, 5.74) is 0. The Bertz CT molecular complexity index is 374. The van der Waals surface area contributed by atoms with Gasteiger partial charge < -0.3 is 5.32 Å². The van der Waals surface area contributed by atoms with Crippen molar-refractivity contribution in [3.8, 4) is 0 Å². The third-order valence-electron chi connectivity index (χ3n) is 3.84. The van der Waals surface area contributed by atoms with Crippen molar-refractivity contribution < 1.29 is 0 Å². The van der Waals surface area contributed by atoms with Crippen LogP contribution in [0.2, 0.25) is 0 Å². The second-order valence-corrected chi connectivity index (χ2v) is 8.92. The summed E-state index contributed by atoms with van der Waals surface area (Å²) in [5, 5.41) is 6.85. The molecule has 0 saturated heterocycles. The fourth-order valence-corrected chi connectivity index (χ4v) is 5.67. The summed E-state index contributed by atoms with van der Waals surface area (Å²) >= 11 is 7.65. The molecule has 114 valence electrons. The summed E-state index contributed by atoms with van der Waals surface area (Å²) in [4.78, 5) is 1.50. The Morgan fingerprint density at radius 3 is 2.85 bits per heavy atom. The van der Waals surface area contributed by atoms with E-state index in [0.717, 1.165) is 11.8 Å². The number of thiophene rings is 1. The molecule has 1 atom stereocenters. The third-order valence-corrected chi connectivity index (χ3v) is 7.10. The van der Waals surface area contributed by atoms with Gasteiger partial charge in [0.2, 0.25) is 0 Å². The van der Waals surface area contributed by atoms with Gasteiger partial charge in [-0.3, -0.25) is 0 Å². The highest BCUT2D eigenvalue weighted by molar-refractivity contribution is 9.10. The molecule has 0 aromatic carbocycles. The molecule has 1 aromatic rings. The van der Waals surface area contributed by atoms with Crippen molar-refractivity contribution in [1.82, 2.24) is 5.32 Å². The van der Waals surface area contributed by atoms with Crippen molar-refractivity contribution >= 4 is 39.0 Å². The Balaban J connectivity index is 1.79. The fraction of sp³-hybridized carbons (Fsp3) is 0.750. The van der Waals surface area contributed by atoms with Crippen LogP contribution in [-0.2, 0) is 6.42 Å². The highest BCUT2D eigenvalue weighted by atomic mass is 79.9. The SMILES string of the molecule is CCCNC(CSC1CCCCC1)Cc1cc(Br)cs1. The Morgan fingerprint density at radius 1 is 1.40 bits per heavy atom. The smallest absolute Gasteiger partial charge is 0.0285 e. The average molecular weight is 376 g/mol. The highest BCUT2D eigenvalue weighted by Gasteiger charge is 2.17. The molecule has 0 aliphatic heterocycles. The molecule has 0 spiro atoms. The van der Waals surface area contributed by atoms with Gasteiger partial charge in [-0.2, -0.15) is 11.8 Å². The van der Waals surface area contributed by atoms with Crippen molar-refractivity contribution in [2.24, 2.45) is 0 Å². The Kier molecular flexibility index (Phi) is 8.00. The monoisotopic (exact) mass is 375 g/mol. The van der Waals surface area contributed by atoms with E-state index >= 15 is 0 Å². The van der Waals surface area contributed by atoms with Gasteiger partial charge in [0.05, 0.1) is 0 Å². The van der Waals surface area contributed by atoms with Crippen LogP contribution in [-0.4, -0.2) is 23.6 Å². The normalized spacial score (nSPS) is 18.3. The minimum atomic E-state index is 0.632. The minimum Gasteiger partial charge on any atom is -0.313 e. The van der Waals surface area contributed by atoms with Gasteiger partial charge >= 0.3 is 0 Å². The van der Waals surface area contributed by atoms with Gasteiger partial charge in [0, 0.05) is 31.8 Å². The number of rotatable bonds is 8. The molecule has 0 bridgehead atoms. The lowest BCUT2D eigenvalue weighted by atomic mass is 10.0. The van der Waals surface area contributed by atoms with E-state index in [2.05, 4.69) is 51.4 Å². The molecule has 1 aromatic heterocycles. The van der Waals surface area contributed by atoms with E-state index in [-0.39, 0.29) is 0 Å². The zero-order valence-electron chi connectivity index (χ0n) is 12.4. The average Bonchev–Trinajstić information content (AvgIpc) is 2.88. The highest BCUT2D eigenvalue weighted by Crippen LogP contribution is 2.29. The first-order valence-corrected chi connectivity index (χ1v) is 10.6. The van der Waals surface area contributed by atoms with E-state index in [4.69, 9.17) is 0 Å². The van der Waals surface area contributed by atoms with E-state index in [1.54, 1.807) is 0 Å². The first-order chi connectivity index (χ1) is 9.78. The predicted octanol–water partition coefficient (Wildman–Crippen LogP) is 5.49. The van der Waals surface area contributed by atoms with Crippen LogP contribution < -0.4 is 5.32 Å². The van der Waals surface area contributed by atoms with Gasteiger partial charge in [0.1, 0.15) is 0 Å². The molecule has 1 fully saturated rings. The molecular formula is C16H26BrNS2. The van der Waals surface area contributed by atoms with Gasteiger partial charge in [-0.15, -0.1) is 11.3 Å². The zero-order chi connectivity index (χ0) is 14.2. The van der Waals surface area contributed by atoms with Crippen LogP contribution in [0.25, 0.3) is 0 Å². The lowest BCUT2D eigenvalue weighted by molar-refractivity contribution is 0.512. The maximum absolute atomic E-state index is 3.74. The molecule has 1 aliphatic rings. The zero-order valence-corrected chi connectivity index (χ0v) is 15.6. The molecule has 1 saturated carbocycles. The van der Waals surface area contributed by atoms with Crippen LogP contribution in [0.4, 0.5) is 0 Å². The van der Waals surface area contributed by atoms with Crippen LogP contribution in [0.3, 0.4) is 0 Å². The summed E-state index contributed by atoms with van der Waals surface area (Å²) < 4.78 is 1.23. The lowest BCUT2D eigenvalue weighted by Crippen LogP contribution is -2.34. The van der Waals surface area contributed by atoms with Crippen molar-refractivity contribution in [1.29, 1.82) is 0 Å². The number of hydrogen-bond donors (Lipinski definition) is 1. The third kappa shape index (κ3) is 6.08. The summed E-state index contributed by atoms with van der Waals surface area (Å²) in [6, 6.07) is 2.91. The van der Waals surface area contributed by atoms with Gasteiger partial charge in [0.25, 0.3) is 0 Å². The Labute approximate surface area is 140 Å². The van der Waals surface area contributed by atoms with Gasteiger partial charge in [-0.1, -0.05) is 26.2 Å². The summed E-state index contributed by atoms with van der Waals surface area (Å²) in [5.74, 6) is 1.26. The Hall–Kier alpha value is 0.490. The van der Waals surface area contributed by atoms with E-state index in [9.17, 15) is 0 Å². The number of nitrogens with one attached hydrogen (secondary N) is 1. The molecule has 2 rings (SSSR count). The van der Waals surface area contributed by atoms with E-state index < -0.39 is 0 Å². The Morgan fingerprint density at radius 2 is 2.20 bits per heavy atom. The van der Waals surface area contributed by atoms with Crippen LogP contribution in [0, 0.1) is 0 Å². The van der Waals surface area contributed by atoms with Crippen LogP contribution in [0.15, 0.2) is 15.9 Å². The molecule has 1 nitrogen and oxygen atoms in total. The predicted molar refractivity (Wildman–Crippen MR) is 97.1 cm³/mol. The molecule has 1 aliphatic carbocycles. The fourth-order valence-electron chi connectivity index (χ4n) is 2.73. The number of hydrogen-bond acceptors (Lipinski definition) is 3. The maximum atomic E-state index is 3.74. The standard InChI is InChI=1S/C16H26BrNS2/c1-2-8-18-14(10-16-9-13(17)11-19-16)12-20-15-6-4-3-5-7-15/h9,11,14-15,18H,2-8,10,12H2,1H3. The summed E-state index contributed by atoms with van der Waals surface area (Å²) in [6.07, 6.45) is 9.63. The number of halogens is 1. The minimum absolute atomic E-state index is 0.632. The number of thioether (sulfide) groups is 1. The molecule has 20 heavy (non-hydrogen) atoms. The van der Waals surface area contributed by atoms with E-state index in [1.165, 1.54) is 60.0 Å². The largest absolute Gasteiger partial charge is 0.313 e. The quantitative estimate of drug-likeness (QED) is 0.644. The van der Waals surface area contributed by atoms with Gasteiger partial charge in [0.15, 0.2) is 0 Å². The van der Waals surface area contributed by atoms with Crippen LogP contribution >= 0.6 is 39.0 Å². The molecule has 1 heterocycles. The second kappa shape index (κ2) is 9.50. The van der Waals surface area contributed by atoms with Crippen molar-refractivity contribution in [2.75, 3.05) is 12.3 Å². The topological polar surface area (TPSA) is 12.0 Å². The first-order valence-electron chi connectivity index (χ1n) is 7.86. The molecule has 0 amide bonds. The molecular weight excluding hydrogens is 350 g/mol. The van der Waals surface area contributed by atoms with Crippen molar-refractivity contribution in [3.63, 3.8) is 0 Å². The second-order valence-electron chi connectivity index (χ2n) is 5.68. The molecule has 4 heteroatoms. The van der Waals surface area contributed by atoms with E-state index in [1.807, 2.05) is 11.3 Å². The van der Waals surface area contributed by atoms with Crippen LogP contribution in [0.1, 0.15) is 50.3 Å². The summed E-state index contributed by atoms with van der Waals surface area (Å²) in [6.45, 7) is 3.39.